The van der Waals surface area contributed by atoms with E-state index in [1.54, 1.807) is 30.1 Å². The van der Waals surface area contributed by atoms with E-state index in [-0.39, 0.29) is 5.56 Å². The summed E-state index contributed by atoms with van der Waals surface area (Å²) < 4.78 is 2.51. The van der Waals surface area contributed by atoms with E-state index in [4.69, 9.17) is 11.6 Å². The molecule has 1 fully saturated rings. The van der Waals surface area contributed by atoms with Crippen LogP contribution in [-0.4, -0.2) is 34.5 Å². The summed E-state index contributed by atoms with van der Waals surface area (Å²) >= 11 is 8.59. The Balaban J connectivity index is 1.63. The molecule has 2 aliphatic rings. The van der Waals surface area contributed by atoms with Gasteiger partial charge < -0.3 is 10.0 Å². The summed E-state index contributed by atoms with van der Waals surface area (Å²) in [5.41, 5.74) is 4.21. The molecule has 3 aromatic carbocycles. The number of carboxylic acid groups (broad SMARTS) is 1. The number of hydrogen-bond acceptors (Lipinski definition) is 4. The van der Waals surface area contributed by atoms with Crippen molar-refractivity contribution in [1.29, 1.82) is 0 Å². The Hall–Kier alpha value is -2.47. The largest absolute Gasteiger partial charge is 0.478 e. The van der Waals surface area contributed by atoms with Crippen LogP contribution in [0, 0.1) is 0 Å². The van der Waals surface area contributed by atoms with Gasteiger partial charge in [-0.05, 0) is 66.8 Å². The van der Waals surface area contributed by atoms with Gasteiger partial charge in [0.1, 0.15) is 0 Å². The normalized spacial score (nSPS) is 18.7. The summed E-state index contributed by atoms with van der Waals surface area (Å²) in [7, 11) is 0. The van der Waals surface area contributed by atoms with E-state index in [0.29, 0.717) is 11.1 Å². The summed E-state index contributed by atoms with van der Waals surface area (Å²) in [6.45, 7) is 2.00. The molecular formula is C25H23ClN2O2S. The summed E-state index contributed by atoms with van der Waals surface area (Å²) in [4.78, 5) is 15.0. The molecule has 0 aromatic heterocycles. The number of carbonyl (C=O) groups is 1. The van der Waals surface area contributed by atoms with Crippen LogP contribution in [0.15, 0.2) is 71.6 Å². The van der Waals surface area contributed by atoms with Gasteiger partial charge in [-0.1, -0.05) is 48.4 Å². The van der Waals surface area contributed by atoms with Crippen molar-refractivity contribution in [3.63, 3.8) is 0 Å². The van der Waals surface area contributed by atoms with Crippen molar-refractivity contribution in [3.8, 4) is 11.1 Å². The van der Waals surface area contributed by atoms with E-state index in [1.807, 2.05) is 18.2 Å². The molecule has 2 heterocycles. The predicted molar refractivity (Wildman–Crippen MR) is 127 cm³/mol. The van der Waals surface area contributed by atoms with Crippen molar-refractivity contribution < 1.29 is 9.90 Å². The molecule has 3 aromatic rings. The highest BCUT2D eigenvalue weighted by Crippen LogP contribution is 2.46. The molecule has 0 spiro atoms. The fourth-order valence-electron chi connectivity index (χ4n) is 4.43. The van der Waals surface area contributed by atoms with Crippen molar-refractivity contribution in [3.05, 3.63) is 77.3 Å². The highest BCUT2D eigenvalue weighted by molar-refractivity contribution is 7.97. The number of para-hydroxylation sites is 1. The van der Waals surface area contributed by atoms with E-state index < -0.39 is 5.97 Å². The Morgan fingerprint density at radius 3 is 2.68 bits per heavy atom. The standard InChI is InChI=1S/C25H23ClN2O2S/c26-22-15-23-24(14-21(22)17-7-6-8-18(13-17)25(29)30)31-28-12-5-4-11-20(28)16-27(23)19-9-2-1-3-10-19/h1-3,6-10,13-15,20H,4-5,11-12,16H2,(H,29,30). The molecule has 2 aliphatic heterocycles. The maximum Gasteiger partial charge on any atom is 0.335 e. The molecule has 1 unspecified atom stereocenters. The molecule has 1 saturated heterocycles. The van der Waals surface area contributed by atoms with Crippen LogP contribution in [0.3, 0.4) is 0 Å². The number of aromatic carboxylic acids is 1. The predicted octanol–water partition coefficient (Wildman–Crippen LogP) is 6.72. The summed E-state index contributed by atoms with van der Waals surface area (Å²) in [6.07, 6.45) is 3.66. The number of rotatable bonds is 3. The van der Waals surface area contributed by atoms with E-state index in [9.17, 15) is 9.90 Å². The minimum Gasteiger partial charge on any atom is -0.478 e. The molecule has 0 aliphatic carbocycles. The lowest BCUT2D eigenvalue weighted by Crippen LogP contribution is -2.40. The maximum atomic E-state index is 11.5. The molecule has 5 rings (SSSR count). The molecule has 1 atom stereocenters. The number of benzene rings is 3. The number of carboxylic acids is 1. The average molecular weight is 451 g/mol. The number of anilines is 2. The Labute approximate surface area is 191 Å². The van der Waals surface area contributed by atoms with Gasteiger partial charge in [-0.2, -0.15) is 0 Å². The van der Waals surface area contributed by atoms with Crippen molar-refractivity contribution in [2.24, 2.45) is 0 Å². The van der Waals surface area contributed by atoms with Gasteiger partial charge in [0.25, 0.3) is 0 Å². The van der Waals surface area contributed by atoms with Crippen LogP contribution in [0.5, 0.6) is 0 Å². The van der Waals surface area contributed by atoms with Gasteiger partial charge in [-0.15, -0.1) is 0 Å². The average Bonchev–Trinajstić information content (AvgIpc) is 2.95. The van der Waals surface area contributed by atoms with E-state index >= 15 is 0 Å². The second-order valence-corrected chi connectivity index (χ2v) is 9.51. The van der Waals surface area contributed by atoms with Gasteiger partial charge >= 0.3 is 5.97 Å². The van der Waals surface area contributed by atoms with Gasteiger partial charge in [0.05, 0.1) is 16.3 Å². The summed E-state index contributed by atoms with van der Waals surface area (Å²) in [5, 5.41) is 10.0. The SMILES string of the molecule is O=C(O)c1cccc(-c2cc3c(cc2Cl)N(c2ccccc2)CC2CCCCN2S3)c1. The van der Waals surface area contributed by atoms with E-state index in [1.165, 1.54) is 19.3 Å². The highest BCUT2D eigenvalue weighted by atomic mass is 35.5. The number of halogens is 1. The molecule has 4 nitrogen and oxygen atoms in total. The fraction of sp³-hybridized carbons (Fsp3) is 0.240. The van der Waals surface area contributed by atoms with Crippen LogP contribution in [0.2, 0.25) is 5.02 Å². The number of piperidine rings is 1. The second kappa shape index (κ2) is 8.58. The maximum absolute atomic E-state index is 11.5. The first kappa shape index (κ1) is 20.4. The van der Waals surface area contributed by atoms with Crippen molar-refractivity contribution in [2.45, 2.75) is 30.2 Å². The van der Waals surface area contributed by atoms with Crippen LogP contribution in [0.25, 0.3) is 11.1 Å². The zero-order chi connectivity index (χ0) is 21.4. The van der Waals surface area contributed by atoms with Crippen LogP contribution < -0.4 is 4.90 Å². The summed E-state index contributed by atoms with van der Waals surface area (Å²) in [6, 6.07) is 22.1. The second-order valence-electron chi connectivity index (χ2n) is 8.01. The number of hydrogen-bond donors (Lipinski definition) is 1. The third-order valence-corrected chi connectivity index (χ3v) is 7.56. The monoisotopic (exact) mass is 450 g/mol. The van der Waals surface area contributed by atoms with E-state index in [0.717, 1.165) is 40.5 Å². The molecule has 6 heteroatoms. The highest BCUT2D eigenvalue weighted by Gasteiger charge is 2.32. The first-order valence-corrected chi connectivity index (χ1v) is 11.7. The first-order chi connectivity index (χ1) is 15.1. The lowest BCUT2D eigenvalue weighted by Gasteiger charge is -2.34. The Kier molecular flexibility index (Phi) is 5.65. The molecule has 0 saturated carbocycles. The zero-order valence-electron chi connectivity index (χ0n) is 17.0. The molecule has 1 N–H and O–H groups in total. The van der Waals surface area contributed by atoms with Crippen LogP contribution >= 0.6 is 23.5 Å². The number of fused-ring (bicyclic) bond motifs is 2. The van der Waals surface area contributed by atoms with Gasteiger partial charge in [0.15, 0.2) is 0 Å². The summed E-state index contributed by atoms with van der Waals surface area (Å²) in [5.74, 6) is -0.937. The van der Waals surface area contributed by atoms with Gasteiger partial charge in [0, 0.05) is 35.3 Å². The molecular weight excluding hydrogens is 428 g/mol. The van der Waals surface area contributed by atoms with Crippen molar-refractivity contribution in [2.75, 3.05) is 18.0 Å². The Morgan fingerprint density at radius 1 is 1.03 bits per heavy atom. The van der Waals surface area contributed by atoms with Crippen LogP contribution in [-0.2, 0) is 0 Å². The van der Waals surface area contributed by atoms with Gasteiger partial charge in [-0.3, -0.25) is 0 Å². The third kappa shape index (κ3) is 4.05. The molecule has 0 radical (unpaired) electrons. The molecule has 0 amide bonds. The minimum absolute atomic E-state index is 0.262. The number of nitrogens with zero attached hydrogens (tertiary/aromatic N) is 2. The van der Waals surface area contributed by atoms with Crippen LogP contribution in [0.4, 0.5) is 11.4 Å². The Morgan fingerprint density at radius 2 is 1.87 bits per heavy atom. The van der Waals surface area contributed by atoms with Crippen molar-refractivity contribution >= 4 is 40.9 Å². The first-order valence-electron chi connectivity index (χ1n) is 10.5. The molecule has 0 bridgehead atoms. The zero-order valence-corrected chi connectivity index (χ0v) is 18.6. The molecule has 158 valence electrons. The lowest BCUT2D eigenvalue weighted by atomic mass is 10.0. The van der Waals surface area contributed by atoms with Gasteiger partial charge in [-0.25, -0.2) is 9.10 Å². The minimum atomic E-state index is -0.937. The molecule has 31 heavy (non-hydrogen) atoms. The smallest absolute Gasteiger partial charge is 0.335 e. The topological polar surface area (TPSA) is 43.8 Å². The fourth-order valence-corrected chi connectivity index (χ4v) is 5.93. The third-order valence-electron chi connectivity index (χ3n) is 6.01. The quantitative estimate of drug-likeness (QED) is 0.449. The van der Waals surface area contributed by atoms with Crippen molar-refractivity contribution in [1.82, 2.24) is 4.31 Å². The lowest BCUT2D eigenvalue weighted by molar-refractivity contribution is 0.0697. The Bertz CT molecular complexity index is 1120. The van der Waals surface area contributed by atoms with E-state index in [2.05, 4.69) is 39.5 Å². The van der Waals surface area contributed by atoms with Gasteiger partial charge in [0.2, 0.25) is 0 Å². The van der Waals surface area contributed by atoms with Crippen LogP contribution in [0.1, 0.15) is 29.6 Å².